The summed E-state index contributed by atoms with van der Waals surface area (Å²) in [5.41, 5.74) is 3.23. The molecular formula is C15H21N3O4S. The van der Waals surface area contributed by atoms with Crippen molar-refractivity contribution in [2.75, 3.05) is 13.1 Å². The molecule has 1 aliphatic carbocycles. The van der Waals surface area contributed by atoms with Crippen LogP contribution in [0, 0.1) is 11.8 Å². The van der Waals surface area contributed by atoms with Crippen LogP contribution in [0.4, 0.5) is 4.79 Å². The number of benzene rings is 1. The highest BCUT2D eigenvalue weighted by Gasteiger charge is 2.36. The summed E-state index contributed by atoms with van der Waals surface area (Å²) in [5.74, 6) is 1.22. The van der Waals surface area contributed by atoms with Crippen molar-refractivity contribution in [3.05, 3.63) is 29.8 Å². The van der Waals surface area contributed by atoms with Gasteiger partial charge in [-0.25, -0.2) is 22.9 Å². The molecule has 2 amide bonds. The van der Waals surface area contributed by atoms with Crippen LogP contribution in [0.3, 0.4) is 0 Å². The predicted octanol–water partition coefficient (Wildman–Crippen LogP) is 0.814. The molecule has 7 nitrogen and oxygen atoms in total. The van der Waals surface area contributed by atoms with E-state index in [1.807, 2.05) is 4.72 Å². The van der Waals surface area contributed by atoms with E-state index in [2.05, 4.69) is 5.43 Å². The number of carbonyl (C=O) groups excluding carboxylic acids is 1. The van der Waals surface area contributed by atoms with Crippen LogP contribution in [0.25, 0.3) is 0 Å². The van der Waals surface area contributed by atoms with Gasteiger partial charge in [-0.1, -0.05) is 18.6 Å². The quantitative estimate of drug-likeness (QED) is 0.754. The molecule has 3 N–H and O–H groups in total. The predicted molar refractivity (Wildman–Crippen MR) is 83.6 cm³/mol. The molecule has 1 saturated carbocycles. The van der Waals surface area contributed by atoms with Gasteiger partial charge >= 0.3 is 6.03 Å². The highest BCUT2D eigenvalue weighted by molar-refractivity contribution is 7.90. The normalized spacial score (nSPS) is 24.4. The number of nitrogens with one attached hydrogen (secondary N) is 2. The van der Waals surface area contributed by atoms with E-state index in [9.17, 15) is 13.2 Å². The minimum atomic E-state index is -3.92. The van der Waals surface area contributed by atoms with E-state index in [-0.39, 0.29) is 11.5 Å². The van der Waals surface area contributed by atoms with E-state index in [0.717, 1.165) is 13.1 Å². The maximum Gasteiger partial charge on any atom is 0.343 e. The zero-order valence-electron chi connectivity index (χ0n) is 12.7. The van der Waals surface area contributed by atoms with Gasteiger partial charge in [0.05, 0.1) is 11.5 Å². The van der Waals surface area contributed by atoms with Crippen molar-refractivity contribution >= 4 is 16.1 Å². The summed E-state index contributed by atoms with van der Waals surface area (Å²) in [7, 11) is -3.92. The first-order valence-corrected chi connectivity index (χ1v) is 9.24. The number of amides is 2. The Balaban J connectivity index is 1.58. The van der Waals surface area contributed by atoms with Gasteiger partial charge in [0.1, 0.15) is 0 Å². The van der Waals surface area contributed by atoms with Gasteiger partial charge in [-0.2, -0.15) is 0 Å². The first kappa shape index (κ1) is 16.2. The monoisotopic (exact) mass is 339 g/mol. The molecule has 1 aliphatic heterocycles. The molecule has 0 unspecified atom stereocenters. The number of hydrazine groups is 1. The highest BCUT2D eigenvalue weighted by atomic mass is 32.2. The van der Waals surface area contributed by atoms with Crippen molar-refractivity contribution in [2.24, 2.45) is 11.8 Å². The summed E-state index contributed by atoms with van der Waals surface area (Å²) < 4.78 is 26.3. The lowest BCUT2D eigenvalue weighted by Crippen LogP contribution is -2.48. The molecule has 1 aromatic carbocycles. The Bertz CT molecular complexity index is 662. The third-order valence-electron chi connectivity index (χ3n) is 4.63. The number of hydrogen-bond donors (Lipinski definition) is 3. The van der Waals surface area contributed by atoms with Crippen LogP contribution >= 0.6 is 0 Å². The number of nitrogens with zero attached hydrogens (tertiary/aromatic N) is 1. The standard InChI is InChI=1S/C15H21N3O4S/c19-10-11-4-6-14(7-5-11)23(21,22)17-15(20)16-18-8-12-2-1-3-13(12)9-18/h4-7,12-13,19H,1-3,8-10H2,(H2,16,17,20)/t12-,13-/m0/s1. The Morgan fingerprint density at radius 2 is 1.78 bits per heavy atom. The summed E-state index contributed by atoms with van der Waals surface area (Å²) in [4.78, 5) is 11.9. The van der Waals surface area contributed by atoms with Gasteiger partial charge in [-0.15, -0.1) is 0 Å². The first-order chi connectivity index (χ1) is 11.0. The number of aliphatic hydroxyl groups is 1. The lowest BCUT2D eigenvalue weighted by atomic mass is 10.0. The highest BCUT2D eigenvalue weighted by Crippen LogP contribution is 2.36. The molecule has 2 aliphatic rings. The number of sulfonamides is 1. The van der Waals surface area contributed by atoms with Crippen LogP contribution in [-0.4, -0.2) is 37.7 Å². The maximum absolute atomic E-state index is 12.2. The fourth-order valence-electron chi connectivity index (χ4n) is 3.45. The first-order valence-electron chi connectivity index (χ1n) is 7.76. The molecule has 0 bridgehead atoms. The van der Waals surface area contributed by atoms with Crippen LogP contribution in [0.15, 0.2) is 29.2 Å². The zero-order valence-corrected chi connectivity index (χ0v) is 13.6. The van der Waals surface area contributed by atoms with Crippen molar-refractivity contribution in [3.8, 4) is 0 Å². The zero-order chi connectivity index (χ0) is 16.4. The van der Waals surface area contributed by atoms with Crippen molar-refractivity contribution in [1.82, 2.24) is 15.2 Å². The fraction of sp³-hybridized carbons (Fsp3) is 0.533. The third-order valence-corrected chi connectivity index (χ3v) is 5.98. The summed E-state index contributed by atoms with van der Waals surface area (Å²) in [6.45, 7) is 1.40. The van der Waals surface area contributed by atoms with Gasteiger partial charge < -0.3 is 5.11 Å². The molecule has 0 radical (unpaired) electrons. The Labute approximate surface area is 135 Å². The molecule has 126 valence electrons. The second-order valence-electron chi connectivity index (χ2n) is 6.20. The van der Waals surface area contributed by atoms with Crippen LogP contribution in [0.5, 0.6) is 0 Å². The average molecular weight is 339 g/mol. The average Bonchev–Trinajstić information content (AvgIpc) is 3.07. The van der Waals surface area contributed by atoms with Gasteiger partial charge in [0.2, 0.25) is 0 Å². The minimum Gasteiger partial charge on any atom is -0.392 e. The topological polar surface area (TPSA) is 98.7 Å². The van der Waals surface area contributed by atoms with E-state index in [1.54, 1.807) is 5.01 Å². The lowest BCUT2D eigenvalue weighted by molar-refractivity contribution is 0.195. The Morgan fingerprint density at radius 3 is 2.35 bits per heavy atom. The van der Waals surface area contributed by atoms with Crippen LogP contribution in [-0.2, 0) is 16.6 Å². The van der Waals surface area contributed by atoms with E-state index in [4.69, 9.17) is 5.11 Å². The molecule has 23 heavy (non-hydrogen) atoms. The van der Waals surface area contributed by atoms with Gasteiger partial charge in [0.15, 0.2) is 0 Å². The lowest BCUT2D eigenvalue weighted by Gasteiger charge is -2.18. The molecule has 3 rings (SSSR count). The summed E-state index contributed by atoms with van der Waals surface area (Å²) in [6.07, 6.45) is 3.60. The molecule has 1 aromatic rings. The second kappa shape index (κ2) is 6.46. The molecule has 2 atom stereocenters. The maximum atomic E-state index is 12.2. The van der Waals surface area contributed by atoms with Crippen LogP contribution in [0.1, 0.15) is 24.8 Å². The van der Waals surface area contributed by atoms with E-state index >= 15 is 0 Å². The minimum absolute atomic E-state index is 0.0110. The van der Waals surface area contributed by atoms with Crippen LogP contribution < -0.4 is 10.1 Å². The van der Waals surface area contributed by atoms with Crippen molar-refractivity contribution < 1.29 is 18.3 Å². The largest absolute Gasteiger partial charge is 0.392 e. The van der Waals surface area contributed by atoms with Gasteiger partial charge in [-0.05, 0) is 42.4 Å². The fourth-order valence-corrected chi connectivity index (χ4v) is 4.35. The van der Waals surface area contributed by atoms with Crippen molar-refractivity contribution in [1.29, 1.82) is 0 Å². The Kier molecular flexibility index (Phi) is 4.56. The number of hydrogen-bond acceptors (Lipinski definition) is 5. The third kappa shape index (κ3) is 3.65. The Morgan fingerprint density at radius 1 is 1.17 bits per heavy atom. The van der Waals surface area contributed by atoms with E-state index < -0.39 is 16.1 Å². The number of aliphatic hydroxyl groups excluding tert-OH is 1. The SMILES string of the molecule is O=C(NN1C[C@@H]2CCC[C@H]2C1)NS(=O)(=O)c1ccc(CO)cc1. The number of carbonyl (C=O) groups is 1. The molecule has 1 saturated heterocycles. The van der Waals surface area contributed by atoms with E-state index in [0.29, 0.717) is 17.4 Å². The van der Waals surface area contributed by atoms with Gasteiger partial charge in [0.25, 0.3) is 10.0 Å². The Hall–Kier alpha value is -1.64. The molecule has 0 aromatic heterocycles. The molecule has 0 spiro atoms. The summed E-state index contributed by atoms with van der Waals surface area (Å²) in [5, 5.41) is 10.8. The molecule has 8 heteroatoms. The molecule has 2 fully saturated rings. The van der Waals surface area contributed by atoms with Crippen molar-refractivity contribution in [3.63, 3.8) is 0 Å². The van der Waals surface area contributed by atoms with Gasteiger partial charge in [-0.3, -0.25) is 5.43 Å². The van der Waals surface area contributed by atoms with Crippen LogP contribution in [0.2, 0.25) is 0 Å². The van der Waals surface area contributed by atoms with Gasteiger partial charge in [0, 0.05) is 13.1 Å². The van der Waals surface area contributed by atoms with Crippen molar-refractivity contribution in [2.45, 2.75) is 30.8 Å². The molecular weight excluding hydrogens is 318 g/mol. The number of urea groups is 1. The smallest absolute Gasteiger partial charge is 0.343 e. The summed E-state index contributed by atoms with van der Waals surface area (Å²) >= 11 is 0. The molecule has 1 heterocycles. The second-order valence-corrected chi connectivity index (χ2v) is 7.89. The number of fused-ring (bicyclic) bond motifs is 1. The number of rotatable bonds is 4. The van der Waals surface area contributed by atoms with E-state index in [1.165, 1.54) is 43.5 Å². The summed E-state index contributed by atoms with van der Waals surface area (Å²) in [6, 6.07) is 5.00.